The maximum atomic E-state index is 5.82. The van der Waals surface area contributed by atoms with Crippen LogP contribution in [-0.4, -0.2) is 12.2 Å². The van der Waals surface area contributed by atoms with Crippen molar-refractivity contribution in [3.05, 3.63) is 24.7 Å². The van der Waals surface area contributed by atoms with Crippen LogP contribution in [0.5, 0.6) is 0 Å². The van der Waals surface area contributed by atoms with Gasteiger partial charge in [-0.1, -0.05) is 27.7 Å². The lowest BCUT2D eigenvalue weighted by Gasteiger charge is -2.28. The first kappa shape index (κ1) is 17.1. The van der Waals surface area contributed by atoms with Crippen LogP contribution in [-0.2, 0) is 9.47 Å². The lowest BCUT2D eigenvalue weighted by molar-refractivity contribution is 0.0214. The topological polar surface area (TPSA) is 18.5 Å². The van der Waals surface area contributed by atoms with Gasteiger partial charge in [-0.15, -0.1) is 0 Å². The zero-order valence-electron chi connectivity index (χ0n) is 13.7. The Hall–Kier alpha value is -0.920. The van der Waals surface area contributed by atoms with Crippen LogP contribution in [0.1, 0.15) is 66.2 Å². The number of allylic oxidation sites excluding steroid dienone is 2. The fraction of sp³-hybridized carbons (Fsp3) is 0.778. The molecule has 0 bridgehead atoms. The predicted octanol–water partition coefficient (Wildman–Crippen LogP) is 5.45. The van der Waals surface area contributed by atoms with Crippen LogP contribution in [0.2, 0.25) is 0 Å². The second-order valence-corrected chi connectivity index (χ2v) is 6.69. The Morgan fingerprint density at radius 3 is 1.70 bits per heavy atom. The van der Waals surface area contributed by atoms with Crippen molar-refractivity contribution in [2.24, 2.45) is 11.8 Å². The first-order chi connectivity index (χ1) is 9.58. The highest BCUT2D eigenvalue weighted by molar-refractivity contribution is 4.82. The first-order valence-corrected chi connectivity index (χ1v) is 8.18. The van der Waals surface area contributed by atoms with Crippen molar-refractivity contribution in [1.29, 1.82) is 0 Å². The molecule has 0 radical (unpaired) electrons. The van der Waals surface area contributed by atoms with E-state index in [0.717, 1.165) is 32.1 Å². The second-order valence-electron chi connectivity index (χ2n) is 6.69. The third-order valence-electron chi connectivity index (χ3n) is 3.53. The third-order valence-corrected chi connectivity index (χ3v) is 3.53. The van der Waals surface area contributed by atoms with Crippen molar-refractivity contribution < 1.29 is 9.47 Å². The van der Waals surface area contributed by atoms with E-state index in [9.17, 15) is 0 Å². The van der Waals surface area contributed by atoms with Crippen molar-refractivity contribution in [2.75, 3.05) is 0 Å². The van der Waals surface area contributed by atoms with Crippen LogP contribution < -0.4 is 0 Å². The van der Waals surface area contributed by atoms with Crippen molar-refractivity contribution in [2.45, 2.75) is 78.4 Å². The quantitative estimate of drug-likeness (QED) is 0.550. The average Bonchev–Trinajstić information content (AvgIpc) is 2.40. The zero-order valence-corrected chi connectivity index (χ0v) is 13.7. The molecule has 0 aromatic heterocycles. The Labute approximate surface area is 125 Å². The van der Waals surface area contributed by atoms with Crippen molar-refractivity contribution >= 4 is 0 Å². The average molecular weight is 280 g/mol. The fourth-order valence-corrected chi connectivity index (χ4v) is 2.34. The Kier molecular flexibility index (Phi) is 8.48. The normalized spacial score (nSPS) is 24.1. The van der Waals surface area contributed by atoms with E-state index in [1.807, 2.05) is 12.5 Å². The van der Waals surface area contributed by atoms with E-state index in [2.05, 4.69) is 39.8 Å². The lowest BCUT2D eigenvalue weighted by atomic mass is 9.95. The molecule has 1 rings (SSSR count). The number of rotatable bonds is 8. The van der Waals surface area contributed by atoms with Gasteiger partial charge in [-0.2, -0.15) is 0 Å². The SMILES string of the molecule is CC(C)CC=COC1CCCC(OC=CCC(C)C)C1. The summed E-state index contributed by atoms with van der Waals surface area (Å²) in [6.07, 6.45) is 15.4. The lowest BCUT2D eigenvalue weighted by Crippen LogP contribution is -2.26. The van der Waals surface area contributed by atoms with Gasteiger partial charge in [0, 0.05) is 6.42 Å². The minimum absolute atomic E-state index is 0.329. The van der Waals surface area contributed by atoms with Gasteiger partial charge in [-0.05, 0) is 56.1 Å². The van der Waals surface area contributed by atoms with E-state index in [-0.39, 0.29) is 0 Å². The molecule has 0 saturated heterocycles. The molecule has 0 aromatic carbocycles. The van der Waals surface area contributed by atoms with Crippen molar-refractivity contribution in [3.8, 4) is 0 Å². The van der Waals surface area contributed by atoms with Gasteiger partial charge in [0.05, 0.1) is 12.5 Å². The molecule has 1 aliphatic carbocycles. The highest BCUT2D eigenvalue weighted by atomic mass is 16.5. The van der Waals surface area contributed by atoms with E-state index < -0.39 is 0 Å². The molecule has 1 saturated carbocycles. The predicted molar refractivity (Wildman–Crippen MR) is 85.4 cm³/mol. The van der Waals surface area contributed by atoms with Crippen LogP contribution in [0.25, 0.3) is 0 Å². The molecule has 2 atom stereocenters. The summed E-state index contributed by atoms with van der Waals surface area (Å²) in [6, 6.07) is 0. The molecular formula is C18H32O2. The maximum Gasteiger partial charge on any atom is 0.101 e. The van der Waals surface area contributed by atoms with Crippen molar-refractivity contribution in [1.82, 2.24) is 0 Å². The van der Waals surface area contributed by atoms with E-state index in [1.165, 1.54) is 6.42 Å². The summed E-state index contributed by atoms with van der Waals surface area (Å²) < 4.78 is 11.6. The molecule has 0 aliphatic heterocycles. The molecule has 0 spiro atoms. The molecule has 20 heavy (non-hydrogen) atoms. The molecule has 0 aromatic rings. The standard InChI is InChI=1S/C18H32O2/c1-15(2)8-6-12-19-17-10-5-11-18(14-17)20-13-7-9-16(3)4/h6-7,12-13,15-18H,5,8-11,14H2,1-4H3. The molecule has 0 amide bonds. The summed E-state index contributed by atoms with van der Waals surface area (Å²) in [5, 5.41) is 0. The van der Waals surface area contributed by atoms with Gasteiger partial charge in [0.25, 0.3) is 0 Å². The number of hydrogen-bond acceptors (Lipinski definition) is 2. The molecule has 1 fully saturated rings. The van der Waals surface area contributed by atoms with Crippen LogP contribution in [0.4, 0.5) is 0 Å². The first-order valence-electron chi connectivity index (χ1n) is 8.18. The van der Waals surface area contributed by atoms with Gasteiger partial charge in [0.1, 0.15) is 12.2 Å². The van der Waals surface area contributed by atoms with Crippen molar-refractivity contribution in [3.63, 3.8) is 0 Å². The van der Waals surface area contributed by atoms with E-state index in [1.54, 1.807) is 0 Å². The molecule has 2 heteroatoms. The zero-order chi connectivity index (χ0) is 14.8. The Morgan fingerprint density at radius 2 is 1.30 bits per heavy atom. The van der Waals surface area contributed by atoms with E-state index in [0.29, 0.717) is 24.0 Å². The van der Waals surface area contributed by atoms with Gasteiger partial charge in [0.2, 0.25) is 0 Å². The summed E-state index contributed by atoms with van der Waals surface area (Å²) in [7, 11) is 0. The van der Waals surface area contributed by atoms with Crippen LogP contribution in [0, 0.1) is 11.8 Å². The van der Waals surface area contributed by atoms with Crippen LogP contribution in [0.3, 0.4) is 0 Å². The largest absolute Gasteiger partial charge is 0.498 e. The second kappa shape index (κ2) is 9.90. The molecule has 1 aliphatic rings. The number of hydrogen-bond donors (Lipinski definition) is 0. The minimum Gasteiger partial charge on any atom is -0.498 e. The van der Waals surface area contributed by atoms with Gasteiger partial charge >= 0.3 is 0 Å². The molecule has 0 heterocycles. The number of ether oxygens (including phenoxy) is 2. The highest BCUT2D eigenvalue weighted by Gasteiger charge is 2.22. The maximum absolute atomic E-state index is 5.82. The minimum atomic E-state index is 0.329. The fourth-order valence-electron chi connectivity index (χ4n) is 2.34. The summed E-state index contributed by atoms with van der Waals surface area (Å²) in [5.41, 5.74) is 0. The molecule has 0 N–H and O–H groups in total. The van der Waals surface area contributed by atoms with E-state index in [4.69, 9.17) is 9.47 Å². The van der Waals surface area contributed by atoms with Gasteiger partial charge in [-0.3, -0.25) is 0 Å². The van der Waals surface area contributed by atoms with Gasteiger partial charge in [-0.25, -0.2) is 0 Å². The monoisotopic (exact) mass is 280 g/mol. The van der Waals surface area contributed by atoms with Crippen LogP contribution in [0.15, 0.2) is 24.7 Å². The Morgan fingerprint density at radius 1 is 0.850 bits per heavy atom. The van der Waals surface area contributed by atoms with Crippen LogP contribution >= 0.6 is 0 Å². The van der Waals surface area contributed by atoms with Gasteiger partial charge < -0.3 is 9.47 Å². The highest BCUT2D eigenvalue weighted by Crippen LogP contribution is 2.24. The molecule has 2 unspecified atom stereocenters. The molecule has 116 valence electrons. The summed E-state index contributed by atoms with van der Waals surface area (Å²) in [6.45, 7) is 8.88. The Balaban J connectivity index is 2.21. The van der Waals surface area contributed by atoms with E-state index >= 15 is 0 Å². The van der Waals surface area contributed by atoms with Gasteiger partial charge in [0.15, 0.2) is 0 Å². The smallest absolute Gasteiger partial charge is 0.101 e. The molecular weight excluding hydrogens is 248 g/mol. The molecule has 2 nitrogen and oxygen atoms in total. The summed E-state index contributed by atoms with van der Waals surface area (Å²) in [5.74, 6) is 1.40. The summed E-state index contributed by atoms with van der Waals surface area (Å²) >= 11 is 0. The summed E-state index contributed by atoms with van der Waals surface area (Å²) in [4.78, 5) is 0. The third kappa shape index (κ3) is 8.29. The Bertz CT molecular complexity index is 264.